The molecule has 1 aliphatic rings. The van der Waals surface area contributed by atoms with Crippen molar-refractivity contribution in [2.24, 2.45) is 4.99 Å². The lowest BCUT2D eigenvalue weighted by Crippen LogP contribution is -2.53. The molecule has 29 heavy (non-hydrogen) atoms. The number of rotatable bonds is 6. The molecular weight excluding hydrogens is 364 g/mol. The summed E-state index contributed by atoms with van der Waals surface area (Å²) >= 11 is 0. The Bertz CT molecular complexity index is 816. The molecule has 6 nitrogen and oxygen atoms in total. The van der Waals surface area contributed by atoms with Gasteiger partial charge in [0.15, 0.2) is 5.96 Å². The smallest absolute Gasteiger partial charge is 0.193 e. The van der Waals surface area contributed by atoms with E-state index >= 15 is 0 Å². The van der Waals surface area contributed by atoms with Crippen LogP contribution in [0.5, 0.6) is 11.5 Å². The number of benzene rings is 2. The highest BCUT2D eigenvalue weighted by atomic mass is 16.5. The normalized spacial score (nSPS) is 15.8. The van der Waals surface area contributed by atoms with Crippen LogP contribution in [0.15, 0.2) is 53.5 Å². The highest BCUT2D eigenvalue weighted by Crippen LogP contribution is 2.26. The summed E-state index contributed by atoms with van der Waals surface area (Å²) in [4.78, 5) is 9.22. The molecule has 0 bridgehead atoms. The van der Waals surface area contributed by atoms with Crippen molar-refractivity contribution in [1.82, 2.24) is 10.2 Å². The SMILES string of the molecule is CN=C(NCC(C)c1ccccc1OC)N1CCN(c2cccc(OC)c2)CC1. The molecule has 2 aromatic rings. The first kappa shape index (κ1) is 20.8. The maximum absolute atomic E-state index is 5.50. The van der Waals surface area contributed by atoms with Crippen LogP contribution in [0.2, 0.25) is 0 Å². The second kappa shape index (κ2) is 10.0. The lowest BCUT2D eigenvalue weighted by atomic mass is 10.0. The number of anilines is 1. The summed E-state index contributed by atoms with van der Waals surface area (Å²) in [6.07, 6.45) is 0. The summed E-state index contributed by atoms with van der Waals surface area (Å²) < 4.78 is 10.9. The van der Waals surface area contributed by atoms with Gasteiger partial charge in [-0.2, -0.15) is 0 Å². The van der Waals surface area contributed by atoms with E-state index in [1.54, 1.807) is 14.2 Å². The Labute approximate surface area is 174 Å². The number of para-hydroxylation sites is 1. The van der Waals surface area contributed by atoms with E-state index in [2.05, 4.69) is 51.3 Å². The van der Waals surface area contributed by atoms with Crippen LogP contribution in [0.3, 0.4) is 0 Å². The molecule has 1 atom stereocenters. The van der Waals surface area contributed by atoms with Crippen LogP contribution in [-0.2, 0) is 0 Å². The summed E-state index contributed by atoms with van der Waals surface area (Å²) in [6.45, 7) is 6.79. The number of aliphatic imine (C=N–C) groups is 1. The van der Waals surface area contributed by atoms with Crippen molar-refractivity contribution in [3.8, 4) is 11.5 Å². The van der Waals surface area contributed by atoms with Gasteiger partial charge in [-0.25, -0.2) is 0 Å². The predicted octanol–water partition coefficient (Wildman–Crippen LogP) is 3.20. The average molecular weight is 397 g/mol. The number of piperazine rings is 1. The first-order chi connectivity index (χ1) is 14.2. The van der Waals surface area contributed by atoms with Crippen molar-refractivity contribution in [1.29, 1.82) is 0 Å². The van der Waals surface area contributed by atoms with Crippen molar-refractivity contribution in [2.75, 3.05) is 58.9 Å². The molecule has 0 amide bonds. The van der Waals surface area contributed by atoms with Gasteiger partial charge in [0.05, 0.1) is 14.2 Å². The molecule has 1 saturated heterocycles. The molecule has 0 aromatic heterocycles. The molecule has 0 radical (unpaired) electrons. The third-order valence-electron chi connectivity index (χ3n) is 5.45. The van der Waals surface area contributed by atoms with Crippen LogP contribution in [0, 0.1) is 0 Å². The summed E-state index contributed by atoms with van der Waals surface area (Å²) in [5.74, 6) is 3.11. The van der Waals surface area contributed by atoms with Crippen LogP contribution >= 0.6 is 0 Å². The molecule has 3 rings (SSSR count). The van der Waals surface area contributed by atoms with Crippen molar-refractivity contribution in [3.63, 3.8) is 0 Å². The molecule has 0 aliphatic carbocycles. The molecule has 1 fully saturated rings. The molecular formula is C23H32N4O2. The Balaban J connectivity index is 1.55. The Morgan fingerprint density at radius 1 is 1.03 bits per heavy atom. The first-order valence-corrected chi connectivity index (χ1v) is 10.1. The van der Waals surface area contributed by atoms with Crippen molar-refractivity contribution >= 4 is 11.6 Å². The third kappa shape index (κ3) is 5.13. The van der Waals surface area contributed by atoms with Crippen LogP contribution < -0.4 is 19.7 Å². The molecule has 2 aromatic carbocycles. The minimum atomic E-state index is 0.320. The summed E-state index contributed by atoms with van der Waals surface area (Å²) in [7, 11) is 5.28. The fourth-order valence-electron chi connectivity index (χ4n) is 3.74. The average Bonchev–Trinajstić information content (AvgIpc) is 2.79. The van der Waals surface area contributed by atoms with E-state index in [0.717, 1.165) is 50.2 Å². The highest BCUT2D eigenvalue weighted by molar-refractivity contribution is 5.80. The van der Waals surface area contributed by atoms with Crippen LogP contribution in [0.1, 0.15) is 18.4 Å². The van der Waals surface area contributed by atoms with Gasteiger partial charge in [0, 0.05) is 57.4 Å². The predicted molar refractivity (Wildman–Crippen MR) is 120 cm³/mol. The molecule has 1 unspecified atom stereocenters. The molecule has 1 heterocycles. The lowest BCUT2D eigenvalue weighted by molar-refractivity contribution is 0.370. The van der Waals surface area contributed by atoms with Gasteiger partial charge in [0.25, 0.3) is 0 Å². The molecule has 0 spiro atoms. The Morgan fingerprint density at radius 3 is 2.48 bits per heavy atom. The molecule has 156 valence electrons. The van der Waals surface area contributed by atoms with Gasteiger partial charge < -0.3 is 24.6 Å². The van der Waals surface area contributed by atoms with Gasteiger partial charge in [-0.1, -0.05) is 31.2 Å². The van der Waals surface area contributed by atoms with Gasteiger partial charge in [0.1, 0.15) is 11.5 Å². The minimum Gasteiger partial charge on any atom is -0.497 e. The van der Waals surface area contributed by atoms with Crippen LogP contribution in [0.25, 0.3) is 0 Å². The van der Waals surface area contributed by atoms with Gasteiger partial charge in [-0.15, -0.1) is 0 Å². The van der Waals surface area contributed by atoms with Gasteiger partial charge in [-0.3, -0.25) is 4.99 Å². The van der Waals surface area contributed by atoms with E-state index in [-0.39, 0.29) is 0 Å². The van der Waals surface area contributed by atoms with E-state index in [1.807, 2.05) is 31.3 Å². The summed E-state index contributed by atoms with van der Waals surface area (Å²) in [5, 5.41) is 3.54. The van der Waals surface area contributed by atoms with E-state index in [1.165, 1.54) is 11.3 Å². The van der Waals surface area contributed by atoms with E-state index in [4.69, 9.17) is 9.47 Å². The number of hydrogen-bond acceptors (Lipinski definition) is 4. The second-order valence-corrected chi connectivity index (χ2v) is 7.25. The first-order valence-electron chi connectivity index (χ1n) is 10.1. The topological polar surface area (TPSA) is 49.3 Å². The number of nitrogens with zero attached hydrogens (tertiary/aromatic N) is 3. The molecule has 1 aliphatic heterocycles. The summed E-state index contributed by atoms with van der Waals surface area (Å²) in [5.41, 5.74) is 2.41. The van der Waals surface area contributed by atoms with Gasteiger partial charge >= 0.3 is 0 Å². The van der Waals surface area contributed by atoms with Crippen LogP contribution in [0.4, 0.5) is 5.69 Å². The maximum Gasteiger partial charge on any atom is 0.193 e. The maximum atomic E-state index is 5.50. The zero-order chi connectivity index (χ0) is 20.6. The van der Waals surface area contributed by atoms with Gasteiger partial charge in [-0.05, 0) is 23.8 Å². The number of hydrogen-bond donors (Lipinski definition) is 1. The second-order valence-electron chi connectivity index (χ2n) is 7.25. The number of methoxy groups -OCH3 is 2. The van der Waals surface area contributed by atoms with E-state index in [9.17, 15) is 0 Å². The minimum absolute atomic E-state index is 0.320. The fraction of sp³-hybridized carbons (Fsp3) is 0.435. The Kier molecular flexibility index (Phi) is 7.22. The fourth-order valence-corrected chi connectivity index (χ4v) is 3.74. The highest BCUT2D eigenvalue weighted by Gasteiger charge is 2.21. The Hall–Kier alpha value is -2.89. The zero-order valence-corrected chi connectivity index (χ0v) is 17.9. The van der Waals surface area contributed by atoms with Crippen LogP contribution in [-0.4, -0.2) is 64.9 Å². The molecule has 6 heteroatoms. The quantitative estimate of drug-likeness (QED) is 0.600. The van der Waals surface area contributed by atoms with Gasteiger partial charge in [0.2, 0.25) is 0 Å². The lowest BCUT2D eigenvalue weighted by Gasteiger charge is -2.38. The van der Waals surface area contributed by atoms with Crippen molar-refractivity contribution in [3.05, 3.63) is 54.1 Å². The monoisotopic (exact) mass is 396 g/mol. The number of guanidine groups is 1. The molecule has 0 saturated carbocycles. The Morgan fingerprint density at radius 2 is 1.79 bits per heavy atom. The number of ether oxygens (including phenoxy) is 2. The summed E-state index contributed by atoms with van der Waals surface area (Å²) in [6, 6.07) is 16.5. The van der Waals surface area contributed by atoms with E-state index < -0.39 is 0 Å². The molecule has 1 N–H and O–H groups in total. The largest absolute Gasteiger partial charge is 0.497 e. The van der Waals surface area contributed by atoms with Crippen molar-refractivity contribution in [2.45, 2.75) is 12.8 Å². The standard InChI is InChI=1S/C23H32N4O2/c1-18(21-10-5-6-11-22(21)29-4)17-25-23(24-2)27-14-12-26(13-15-27)19-8-7-9-20(16-19)28-3/h5-11,16,18H,12-15,17H2,1-4H3,(H,24,25). The van der Waals surface area contributed by atoms with Crippen molar-refractivity contribution < 1.29 is 9.47 Å². The zero-order valence-electron chi connectivity index (χ0n) is 17.9. The number of nitrogens with one attached hydrogen (secondary N) is 1. The third-order valence-corrected chi connectivity index (χ3v) is 5.45. The van der Waals surface area contributed by atoms with E-state index in [0.29, 0.717) is 5.92 Å².